The number of ether oxygens (including phenoxy) is 1. The number of fused-ring (bicyclic) bond motifs is 1. The molecule has 3 saturated heterocycles. The molecular weight excluding hydrogens is 442 g/mol. The van der Waals surface area contributed by atoms with Gasteiger partial charge in [-0.05, 0) is 31.0 Å². The summed E-state index contributed by atoms with van der Waals surface area (Å²) in [6.45, 7) is 3.81. The SMILES string of the molecule is O=C(CCCCC1SCC2NC(=O)NC21)NCCOCCNC(=O)c1cccc(N2CC2)c1. The van der Waals surface area contributed by atoms with Gasteiger partial charge in [-0.15, -0.1) is 0 Å². The first-order valence-electron chi connectivity index (χ1n) is 11.8. The first-order chi connectivity index (χ1) is 16.1. The molecule has 3 aliphatic heterocycles. The van der Waals surface area contributed by atoms with Crippen LogP contribution in [0.2, 0.25) is 0 Å². The summed E-state index contributed by atoms with van der Waals surface area (Å²) in [5, 5.41) is 12.1. The molecule has 0 radical (unpaired) electrons. The number of unbranched alkanes of at least 4 members (excludes halogenated alkanes) is 1. The van der Waals surface area contributed by atoms with Gasteiger partial charge in [-0.2, -0.15) is 11.8 Å². The number of carbonyl (C=O) groups excluding carboxylic acids is 3. The Hall–Kier alpha value is -2.46. The number of carbonyl (C=O) groups is 3. The number of nitrogens with one attached hydrogen (secondary N) is 4. The van der Waals surface area contributed by atoms with E-state index in [9.17, 15) is 14.4 Å². The largest absolute Gasteiger partial charge is 0.378 e. The van der Waals surface area contributed by atoms with E-state index in [2.05, 4.69) is 26.2 Å². The molecule has 3 unspecified atom stereocenters. The Balaban J connectivity index is 0.979. The monoisotopic (exact) mass is 475 g/mol. The van der Waals surface area contributed by atoms with E-state index in [0.717, 1.165) is 43.8 Å². The van der Waals surface area contributed by atoms with E-state index in [0.29, 0.717) is 43.5 Å². The second kappa shape index (κ2) is 11.6. The van der Waals surface area contributed by atoms with Crippen LogP contribution in [0.15, 0.2) is 24.3 Å². The van der Waals surface area contributed by atoms with Gasteiger partial charge in [-0.1, -0.05) is 12.5 Å². The molecule has 180 valence electrons. The van der Waals surface area contributed by atoms with Gasteiger partial charge in [0.15, 0.2) is 0 Å². The van der Waals surface area contributed by atoms with E-state index in [4.69, 9.17) is 4.74 Å². The molecule has 0 bridgehead atoms. The number of urea groups is 1. The Bertz CT molecular complexity index is 850. The molecule has 0 aromatic heterocycles. The lowest BCUT2D eigenvalue weighted by Gasteiger charge is -2.16. The molecule has 10 heteroatoms. The van der Waals surface area contributed by atoms with Crippen molar-refractivity contribution in [2.75, 3.05) is 50.0 Å². The summed E-state index contributed by atoms with van der Waals surface area (Å²) < 4.78 is 5.50. The van der Waals surface area contributed by atoms with Crippen LogP contribution in [0.3, 0.4) is 0 Å². The number of thioether (sulfide) groups is 1. The number of nitrogens with zero attached hydrogens (tertiary/aromatic N) is 1. The van der Waals surface area contributed by atoms with E-state index < -0.39 is 0 Å². The Kier molecular flexibility index (Phi) is 8.33. The topological polar surface area (TPSA) is 112 Å². The quantitative estimate of drug-likeness (QED) is 0.193. The maximum atomic E-state index is 12.2. The number of hydrogen-bond acceptors (Lipinski definition) is 6. The molecule has 4 amide bonds. The third-order valence-electron chi connectivity index (χ3n) is 6.10. The number of benzene rings is 1. The fraction of sp³-hybridized carbons (Fsp3) is 0.609. The molecular formula is C23H33N5O4S. The third-order valence-corrected chi connectivity index (χ3v) is 7.61. The van der Waals surface area contributed by atoms with Crippen molar-refractivity contribution < 1.29 is 19.1 Å². The molecule has 4 N–H and O–H groups in total. The zero-order valence-corrected chi connectivity index (χ0v) is 19.6. The van der Waals surface area contributed by atoms with Crippen LogP contribution in [0.25, 0.3) is 0 Å². The van der Waals surface area contributed by atoms with Crippen LogP contribution in [-0.4, -0.2) is 80.3 Å². The number of rotatable bonds is 13. The second-order valence-corrected chi connectivity index (χ2v) is 9.90. The van der Waals surface area contributed by atoms with Crippen molar-refractivity contribution in [2.45, 2.75) is 43.0 Å². The highest BCUT2D eigenvalue weighted by Crippen LogP contribution is 2.33. The minimum absolute atomic E-state index is 0.0333. The molecule has 9 nitrogen and oxygen atoms in total. The maximum Gasteiger partial charge on any atom is 0.315 e. The summed E-state index contributed by atoms with van der Waals surface area (Å²) in [7, 11) is 0. The fourth-order valence-electron chi connectivity index (χ4n) is 4.22. The number of hydrogen-bond donors (Lipinski definition) is 4. The van der Waals surface area contributed by atoms with Crippen LogP contribution in [0, 0.1) is 0 Å². The third kappa shape index (κ3) is 7.01. The molecule has 0 aliphatic carbocycles. The van der Waals surface area contributed by atoms with Crippen LogP contribution >= 0.6 is 11.8 Å². The smallest absolute Gasteiger partial charge is 0.315 e. The minimum Gasteiger partial charge on any atom is -0.378 e. The lowest BCUT2D eigenvalue weighted by molar-refractivity contribution is -0.121. The van der Waals surface area contributed by atoms with Crippen LogP contribution in [0.4, 0.5) is 10.5 Å². The van der Waals surface area contributed by atoms with Crippen molar-refractivity contribution in [3.8, 4) is 0 Å². The molecule has 0 spiro atoms. The zero-order chi connectivity index (χ0) is 23.0. The van der Waals surface area contributed by atoms with E-state index >= 15 is 0 Å². The first kappa shape index (κ1) is 23.7. The standard InChI is InChI=1S/C23H33N5O4S/c29-20(7-2-1-6-19-21-18(15-33-19)26-23(31)27-21)24-8-12-32-13-9-25-22(30)16-4-3-5-17(14-16)28-10-11-28/h3-5,14,18-19,21H,1-2,6-13,15H2,(H,24,29)(H,25,30)(H2,26,27,31). The van der Waals surface area contributed by atoms with Crippen LogP contribution < -0.4 is 26.2 Å². The number of amides is 4. The van der Waals surface area contributed by atoms with Crippen molar-refractivity contribution in [3.63, 3.8) is 0 Å². The van der Waals surface area contributed by atoms with Crippen LogP contribution in [0.1, 0.15) is 36.0 Å². The first-order valence-corrected chi connectivity index (χ1v) is 12.8. The molecule has 33 heavy (non-hydrogen) atoms. The molecule has 3 heterocycles. The normalized spacial score (nSPS) is 23.0. The van der Waals surface area contributed by atoms with Crippen LogP contribution in [0.5, 0.6) is 0 Å². The van der Waals surface area contributed by atoms with Gasteiger partial charge < -0.3 is 30.9 Å². The van der Waals surface area contributed by atoms with Crippen molar-refractivity contribution in [2.24, 2.45) is 0 Å². The summed E-state index contributed by atoms with van der Waals surface area (Å²) in [6, 6.07) is 8.05. The summed E-state index contributed by atoms with van der Waals surface area (Å²) in [5.74, 6) is 0.893. The average Bonchev–Trinajstić information content (AvgIpc) is 3.51. The van der Waals surface area contributed by atoms with Gasteiger partial charge in [0.25, 0.3) is 5.91 Å². The van der Waals surface area contributed by atoms with E-state index in [1.165, 1.54) is 0 Å². The Labute approximate surface area is 198 Å². The highest BCUT2D eigenvalue weighted by Gasteiger charge is 2.42. The minimum atomic E-state index is -0.103. The summed E-state index contributed by atoms with van der Waals surface area (Å²) in [6.07, 6.45) is 3.33. The zero-order valence-electron chi connectivity index (χ0n) is 18.8. The lowest BCUT2D eigenvalue weighted by Crippen LogP contribution is -2.36. The van der Waals surface area contributed by atoms with Gasteiger partial charge in [0.05, 0.1) is 25.3 Å². The van der Waals surface area contributed by atoms with Crippen molar-refractivity contribution in [1.82, 2.24) is 21.3 Å². The lowest BCUT2D eigenvalue weighted by atomic mass is 10.0. The highest BCUT2D eigenvalue weighted by molar-refractivity contribution is 8.00. The molecule has 1 aromatic carbocycles. The van der Waals surface area contributed by atoms with E-state index in [1.54, 1.807) is 0 Å². The predicted molar refractivity (Wildman–Crippen MR) is 129 cm³/mol. The maximum absolute atomic E-state index is 12.2. The van der Waals surface area contributed by atoms with Crippen molar-refractivity contribution >= 4 is 35.3 Å². The molecule has 4 rings (SSSR count). The molecule has 1 aromatic rings. The molecule has 3 atom stereocenters. The van der Waals surface area contributed by atoms with Gasteiger partial charge in [-0.25, -0.2) is 4.79 Å². The number of anilines is 1. The Morgan fingerprint density at radius 2 is 1.94 bits per heavy atom. The molecule has 3 aliphatic rings. The Morgan fingerprint density at radius 3 is 2.76 bits per heavy atom. The highest BCUT2D eigenvalue weighted by atomic mass is 32.2. The molecule has 3 fully saturated rings. The van der Waals surface area contributed by atoms with E-state index in [1.807, 2.05) is 36.0 Å². The van der Waals surface area contributed by atoms with Crippen LogP contribution in [-0.2, 0) is 9.53 Å². The second-order valence-electron chi connectivity index (χ2n) is 8.62. The average molecular weight is 476 g/mol. The fourth-order valence-corrected chi connectivity index (χ4v) is 5.76. The van der Waals surface area contributed by atoms with Gasteiger partial charge >= 0.3 is 6.03 Å². The molecule has 0 saturated carbocycles. The van der Waals surface area contributed by atoms with Crippen molar-refractivity contribution in [1.29, 1.82) is 0 Å². The van der Waals surface area contributed by atoms with E-state index in [-0.39, 0.29) is 29.9 Å². The van der Waals surface area contributed by atoms with Gasteiger partial charge in [0.1, 0.15) is 0 Å². The predicted octanol–water partition coefficient (Wildman–Crippen LogP) is 1.10. The van der Waals surface area contributed by atoms with Crippen molar-refractivity contribution in [3.05, 3.63) is 29.8 Å². The summed E-state index contributed by atoms with van der Waals surface area (Å²) in [4.78, 5) is 37.8. The van der Waals surface area contributed by atoms with Gasteiger partial charge in [0.2, 0.25) is 5.91 Å². The van der Waals surface area contributed by atoms with Gasteiger partial charge in [0, 0.05) is 54.9 Å². The summed E-state index contributed by atoms with van der Waals surface area (Å²) >= 11 is 1.90. The summed E-state index contributed by atoms with van der Waals surface area (Å²) in [5.41, 5.74) is 1.74. The van der Waals surface area contributed by atoms with Gasteiger partial charge in [-0.3, -0.25) is 9.59 Å². The Morgan fingerprint density at radius 1 is 1.12 bits per heavy atom.